The molecule has 2 heteroatoms. The molecule has 1 atom stereocenters. The summed E-state index contributed by atoms with van der Waals surface area (Å²) in [6, 6.07) is 6.62. The van der Waals surface area contributed by atoms with Crippen LogP contribution in [-0.2, 0) is 5.41 Å². The summed E-state index contributed by atoms with van der Waals surface area (Å²) >= 11 is 0. The fourth-order valence-corrected chi connectivity index (χ4v) is 2.53. The topological polar surface area (TPSA) is 21.3 Å². The predicted molar refractivity (Wildman–Crippen MR) is 81.0 cm³/mol. The Bertz CT molecular complexity index is 412. The maximum atomic E-state index is 6.19. The lowest BCUT2D eigenvalue weighted by Gasteiger charge is -2.22. The highest BCUT2D eigenvalue weighted by atomic mass is 16.5. The molecule has 19 heavy (non-hydrogen) atoms. The average molecular weight is 261 g/mol. The number of hydrogen-bond donors (Lipinski definition) is 1. The molecule has 0 bridgehead atoms. The molecule has 1 N–H and O–H groups in total. The molecule has 0 radical (unpaired) electrons. The molecular weight excluding hydrogens is 234 g/mol. The third kappa shape index (κ3) is 3.97. The number of nitrogens with one attached hydrogen (secondary N) is 1. The molecule has 1 aliphatic heterocycles. The van der Waals surface area contributed by atoms with Crippen molar-refractivity contribution in [3.63, 3.8) is 0 Å². The maximum Gasteiger partial charge on any atom is 0.122 e. The zero-order valence-corrected chi connectivity index (χ0v) is 12.8. The molecule has 0 amide bonds. The summed E-state index contributed by atoms with van der Waals surface area (Å²) in [4.78, 5) is 0. The predicted octanol–water partition coefficient (Wildman–Crippen LogP) is 3.81. The van der Waals surface area contributed by atoms with E-state index in [-0.39, 0.29) is 5.41 Å². The van der Waals surface area contributed by atoms with Crippen LogP contribution in [0.2, 0.25) is 0 Å². The van der Waals surface area contributed by atoms with Gasteiger partial charge in [-0.25, -0.2) is 0 Å². The van der Waals surface area contributed by atoms with Crippen LogP contribution in [0.3, 0.4) is 0 Å². The van der Waals surface area contributed by atoms with Crippen molar-refractivity contribution in [3.05, 3.63) is 29.3 Å². The molecule has 1 saturated heterocycles. The molecule has 2 rings (SSSR count). The second kappa shape index (κ2) is 5.96. The van der Waals surface area contributed by atoms with Crippen molar-refractivity contribution < 1.29 is 4.74 Å². The Hall–Kier alpha value is -1.02. The summed E-state index contributed by atoms with van der Waals surface area (Å²) in [6.07, 6.45) is 3.85. The van der Waals surface area contributed by atoms with Gasteiger partial charge in [0.15, 0.2) is 0 Å². The van der Waals surface area contributed by atoms with Gasteiger partial charge in [-0.15, -0.1) is 0 Å². The van der Waals surface area contributed by atoms with E-state index in [1.165, 1.54) is 17.5 Å². The zero-order chi connectivity index (χ0) is 13.9. The fourth-order valence-electron chi connectivity index (χ4n) is 2.53. The van der Waals surface area contributed by atoms with Crippen LogP contribution in [0, 0.1) is 6.92 Å². The van der Waals surface area contributed by atoms with Gasteiger partial charge in [0, 0.05) is 0 Å². The number of ether oxygens (including phenoxy) is 1. The van der Waals surface area contributed by atoms with Gasteiger partial charge in [-0.3, -0.25) is 0 Å². The lowest BCUT2D eigenvalue weighted by Crippen LogP contribution is -2.20. The summed E-state index contributed by atoms with van der Waals surface area (Å²) in [7, 11) is 0. The molecule has 1 aromatic rings. The van der Waals surface area contributed by atoms with Gasteiger partial charge in [-0.2, -0.15) is 0 Å². The van der Waals surface area contributed by atoms with E-state index in [4.69, 9.17) is 4.74 Å². The van der Waals surface area contributed by atoms with E-state index in [2.05, 4.69) is 51.2 Å². The molecule has 1 unspecified atom stereocenters. The van der Waals surface area contributed by atoms with Crippen molar-refractivity contribution in [2.24, 2.45) is 0 Å². The van der Waals surface area contributed by atoms with Gasteiger partial charge in [0.25, 0.3) is 0 Å². The highest BCUT2D eigenvalue weighted by Crippen LogP contribution is 2.28. The normalized spacial score (nSPS) is 20.9. The minimum Gasteiger partial charge on any atom is -0.490 e. The van der Waals surface area contributed by atoms with Gasteiger partial charge >= 0.3 is 0 Å². The zero-order valence-electron chi connectivity index (χ0n) is 12.8. The van der Waals surface area contributed by atoms with Crippen molar-refractivity contribution >= 4 is 0 Å². The minimum absolute atomic E-state index is 0.204. The van der Waals surface area contributed by atoms with Crippen LogP contribution in [-0.4, -0.2) is 19.2 Å². The third-order valence-corrected chi connectivity index (χ3v) is 3.86. The third-order valence-electron chi connectivity index (χ3n) is 3.86. The molecule has 1 fully saturated rings. The number of aryl methyl sites for hydroxylation is 1. The van der Waals surface area contributed by atoms with Crippen LogP contribution < -0.4 is 10.1 Å². The second-order valence-corrected chi connectivity index (χ2v) is 6.65. The van der Waals surface area contributed by atoms with E-state index in [0.717, 1.165) is 31.7 Å². The highest BCUT2D eigenvalue weighted by Gasteiger charge is 2.17. The van der Waals surface area contributed by atoms with Crippen LogP contribution >= 0.6 is 0 Å². The highest BCUT2D eigenvalue weighted by molar-refractivity contribution is 5.38. The largest absolute Gasteiger partial charge is 0.490 e. The number of rotatable bonds is 2. The van der Waals surface area contributed by atoms with Crippen LogP contribution in [0.5, 0.6) is 5.75 Å². The molecule has 0 aliphatic carbocycles. The van der Waals surface area contributed by atoms with Crippen LogP contribution in [0.25, 0.3) is 0 Å². The van der Waals surface area contributed by atoms with Gasteiger partial charge in [0.1, 0.15) is 5.75 Å². The van der Waals surface area contributed by atoms with Gasteiger partial charge in [-0.05, 0) is 61.9 Å². The summed E-state index contributed by atoms with van der Waals surface area (Å²) in [5.41, 5.74) is 2.83. The molecule has 1 aromatic carbocycles. The quantitative estimate of drug-likeness (QED) is 0.874. The maximum absolute atomic E-state index is 6.19. The van der Waals surface area contributed by atoms with Gasteiger partial charge in [0.2, 0.25) is 0 Å². The van der Waals surface area contributed by atoms with Crippen LogP contribution in [0.4, 0.5) is 0 Å². The summed E-state index contributed by atoms with van der Waals surface area (Å²) < 4.78 is 6.19. The van der Waals surface area contributed by atoms with Crippen molar-refractivity contribution in [2.45, 2.75) is 58.5 Å². The Labute approximate surface area is 117 Å². The number of hydrogen-bond acceptors (Lipinski definition) is 2. The SMILES string of the molecule is Cc1cc(C(C)(C)C)ccc1OC1CCCNCC1. The Morgan fingerprint density at radius 2 is 1.95 bits per heavy atom. The smallest absolute Gasteiger partial charge is 0.122 e. The van der Waals surface area contributed by atoms with Gasteiger partial charge in [0.05, 0.1) is 6.10 Å². The van der Waals surface area contributed by atoms with Crippen molar-refractivity contribution in [3.8, 4) is 5.75 Å². The Morgan fingerprint density at radius 1 is 1.16 bits per heavy atom. The lowest BCUT2D eigenvalue weighted by atomic mass is 9.86. The molecule has 1 heterocycles. The summed E-state index contributed by atoms with van der Waals surface area (Å²) in [6.45, 7) is 11.1. The molecule has 2 nitrogen and oxygen atoms in total. The number of benzene rings is 1. The van der Waals surface area contributed by atoms with E-state index in [9.17, 15) is 0 Å². The average Bonchev–Trinajstić information content (AvgIpc) is 2.59. The minimum atomic E-state index is 0.204. The van der Waals surface area contributed by atoms with E-state index in [1.807, 2.05) is 0 Å². The Kier molecular flexibility index (Phi) is 4.51. The van der Waals surface area contributed by atoms with Crippen LogP contribution in [0.1, 0.15) is 51.2 Å². The second-order valence-electron chi connectivity index (χ2n) is 6.65. The lowest BCUT2D eigenvalue weighted by molar-refractivity contribution is 0.186. The molecule has 1 aliphatic rings. The van der Waals surface area contributed by atoms with Crippen LogP contribution in [0.15, 0.2) is 18.2 Å². The molecule has 0 saturated carbocycles. The molecule has 106 valence electrons. The van der Waals surface area contributed by atoms with Gasteiger partial charge < -0.3 is 10.1 Å². The Morgan fingerprint density at radius 3 is 2.63 bits per heavy atom. The van der Waals surface area contributed by atoms with E-state index in [1.54, 1.807) is 0 Å². The van der Waals surface area contributed by atoms with Crippen molar-refractivity contribution in [2.75, 3.05) is 13.1 Å². The fraction of sp³-hybridized carbons (Fsp3) is 0.647. The first-order valence-corrected chi connectivity index (χ1v) is 7.45. The standard InChI is InChI=1S/C17H27NO/c1-13-12-14(17(2,3)4)7-8-16(13)19-15-6-5-10-18-11-9-15/h7-8,12,15,18H,5-6,9-11H2,1-4H3. The molecular formula is C17H27NO. The van der Waals surface area contributed by atoms with E-state index >= 15 is 0 Å². The van der Waals surface area contributed by atoms with E-state index < -0.39 is 0 Å². The molecule has 0 spiro atoms. The molecule has 0 aromatic heterocycles. The van der Waals surface area contributed by atoms with Crippen molar-refractivity contribution in [1.82, 2.24) is 5.32 Å². The van der Waals surface area contributed by atoms with E-state index in [0.29, 0.717) is 6.10 Å². The first-order chi connectivity index (χ1) is 8.97. The summed E-state index contributed by atoms with van der Waals surface area (Å²) in [5, 5.41) is 3.43. The summed E-state index contributed by atoms with van der Waals surface area (Å²) in [5.74, 6) is 1.06. The monoisotopic (exact) mass is 261 g/mol. The Balaban J connectivity index is 2.08. The van der Waals surface area contributed by atoms with Crippen molar-refractivity contribution in [1.29, 1.82) is 0 Å². The van der Waals surface area contributed by atoms with Gasteiger partial charge in [-0.1, -0.05) is 32.9 Å². The first-order valence-electron chi connectivity index (χ1n) is 7.45. The first kappa shape index (κ1) is 14.4.